The monoisotopic (exact) mass is 372 g/mol. The number of aryl methyl sites for hydroxylation is 1. The second-order valence-corrected chi connectivity index (χ2v) is 7.06. The average molecular weight is 372 g/mol. The molecule has 0 saturated carbocycles. The lowest BCUT2D eigenvalue weighted by atomic mass is 9.85. The van der Waals surface area contributed by atoms with Gasteiger partial charge in [-0.25, -0.2) is 0 Å². The molecule has 142 valence electrons. The van der Waals surface area contributed by atoms with Crippen molar-refractivity contribution in [2.45, 2.75) is 25.4 Å². The number of likely N-dealkylation sites (tertiary alicyclic amines) is 1. The number of phenolic OH excluding ortho intramolecular Hbond substituents is 2. The second kappa shape index (κ2) is 6.40. The van der Waals surface area contributed by atoms with Crippen LogP contribution in [0.4, 0.5) is 0 Å². The molecule has 3 aromatic rings. The Balaban J connectivity index is 1.97. The lowest BCUT2D eigenvalue weighted by molar-refractivity contribution is 0.0630. The summed E-state index contributed by atoms with van der Waals surface area (Å²) in [6, 6.07) is 3.97. The number of fused-ring (bicyclic) bond motifs is 1. The molecule has 1 aliphatic rings. The van der Waals surface area contributed by atoms with E-state index < -0.39 is 17.5 Å². The molecular weight excluding hydrogens is 352 g/mol. The fourth-order valence-corrected chi connectivity index (χ4v) is 3.72. The van der Waals surface area contributed by atoms with Crippen LogP contribution in [-0.4, -0.2) is 51.6 Å². The summed E-state index contributed by atoms with van der Waals surface area (Å²) >= 11 is 0. The van der Waals surface area contributed by atoms with Crippen molar-refractivity contribution in [2.75, 3.05) is 20.1 Å². The highest BCUT2D eigenvalue weighted by Crippen LogP contribution is 2.42. The number of aliphatic hydroxyl groups excluding tert-OH is 1. The summed E-state index contributed by atoms with van der Waals surface area (Å²) in [5.41, 5.74) is 0.254. The second-order valence-electron chi connectivity index (χ2n) is 7.06. The molecule has 8 nitrogen and oxygen atoms in total. The smallest absolute Gasteiger partial charge is 0.197 e. The summed E-state index contributed by atoms with van der Waals surface area (Å²) in [4.78, 5) is 14.6. The van der Waals surface area contributed by atoms with E-state index in [0.29, 0.717) is 30.0 Å². The van der Waals surface area contributed by atoms with Crippen LogP contribution in [0.25, 0.3) is 22.4 Å². The van der Waals surface area contributed by atoms with E-state index in [1.807, 2.05) is 11.9 Å². The molecule has 3 N–H and O–H groups in total. The molecule has 0 aliphatic carbocycles. The van der Waals surface area contributed by atoms with Gasteiger partial charge in [0.05, 0.1) is 6.10 Å². The molecule has 0 radical (unpaired) electrons. The van der Waals surface area contributed by atoms with Crippen molar-refractivity contribution in [1.29, 1.82) is 0 Å². The lowest BCUT2D eigenvalue weighted by Gasteiger charge is -2.34. The normalized spacial score (nSPS) is 21.0. The van der Waals surface area contributed by atoms with Crippen LogP contribution in [0.2, 0.25) is 0 Å². The predicted molar refractivity (Wildman–Crippen MR) is 96.9 cm³/mol. The maximum Gasteiger partial charge on any atom is 0.197 e. The van der Waals surface area contributed by atoms with Crippen LogP contribution in [0.15, 0.2) is 31.9 Å². The molecule has 4 rings (SSSR count). The van der Waals surface area contributed by atoms with Crippen molar-refractivity contribution < 1.29 is 24.3 Å². The van der Waals surface area contributed by atoms with Gasteiger partial charge in [0.2, 0.25) is 0 Å². The third-order valence-electron chi connectivity index (χ3n) is 5.03. The SMILES string of the molecule is Cc1cc(-c2cc(=O)c3c(O)cc(O)c([C@H]4CCN(C)C[C@H]4O)c3o2)no1. The van der Waals surface area contributed by atoms with Crippen LogP contribution in [0.5, 0.6) is 11.5 Å². The van der Waals surface area contributed by atoms with E-state index in [1.54, 1.807) is 13.0 Å². The molecule has 2 atom stereocenters. The Morgan fingerprint density at radius 1 is 1.22 bits per heavy atom. The van der Waals surface area contributed by atoms with E-state index >= 15 is 0 Å². The van der Waals surface area contributed by atoms with Crippen LogP contribution in [0.1, 0.15) is 23.7 Å². The molecule has 3 heterocycles. The van der Waals surface area contributed by atoms with E-state index in [1.165, 1.54) is 6.07 Å². The zero-order valence-corrected chi connectivity index (χ0v) is 15.0. The van der Waals surface area contributed by atoms with Crippen LogP contribution in [0.3, 0.4) is 0 Å². The highest BCUT2D eigenvalue weighted by Gasteiger charge is 2.33. The number of hydrogen-bond donors (Lipinski definition) is 3. The van der Waals surface area contributed by atoms with Gasteiger partial charge in [-0.3, -0.25) is 4.79 Å². The first-order valence-electron chi connectivity index (χ1n) is 8.68. The molecule has 8 heteroatoms. The van der Waals surface area contributed by atoms with Crippen molar-refractivity contribution in [3.63, 3.8) is 0 Å². The molecule has 0 amide bonds. The molecule has 0 unspecified atom stereocenters. The fraction of sp³-hybridized carbons (Fsp3) is 0.368. The highest BCUT2D eigenvalue weighted by molar-refractivity contribution is 5.89. The zero-order valence-electron chi connectivity index (χ0n) is 15.0. The number of likely N-dealkylation sites (N-methyl/N-ethyl adjacent to an activating group) is 1. The molecule has 0 spiro atoms. The summed E-state index contributed by atoms with van der Waals surface area (Å²) in [6.07, 6.45) is -0.173. The Hall–Kier alpha value is -2.84. The molecule has 1 saturated heterocycles. The van der Waals surface area contributed by atoms with Crippen molar-refractivity contribution in [2.24, 2.45) is 0 Å². The van der Waals surface area contributed by atoms with Gasteiger partial charge in [0.15, 0.2) is 11.2 Å². The van der Waals surface area contributed by atoms with Gasteiger partial charge < -0.3 is 29.2 Å². The minimum absolute atomic E-state index is 0.0297. The van der Waals surface area contributed by atoms with Crippen LogP contribution < -0.4 is 5.43 Å². The molecule has 2 aromatic heterocycles. The maximum atomic E-state index is 12.6. The van der Waals surface area contributed by atoms with E-state index in [2.05, 4.69) is 5.16 Å². The summed E-state index contributed by atoms with van der Waals surface area (Å²) < 4.78 is 10.9. The van der Waals surface area contributed by atoms with E-state index in [-0.39, 0.29) is 28.2 Å². The third-order valence-corrected chi connectivity index (χ3v) is 5.03. The van der Waals surface area contributed by atoms with Crippen LogP contribution in [-0.2, 0) is 0 Å². The van der Waals surface area contributed by atoms with Crippen LogP contribution >= 0.6 is 0 Å². The van der Waals surface area contributed by atoms with Crippen molar-refractivity contribution in [3.8, 4) is 23.0 Å². The topological polar surface area (TPSA) is 120 Å². The van der Waals surface area contributed by atoms with E-state index in [4.69, 9.17) is 8.94 Å². The van der Waals surface area contributed by atoms with Crippen molar-refractivity contribution in [1.82, 2.24) is 10.1 Å². The first kappa shape index (κ1) is 17.6. The summed E-state index contributed by atoms with van der Waals surface area (Å²) in [5, 5.41) is 35.1. The minimum atomic E-state index is -0.745. The fourth-order valence-electron chi connectivity index (χ4n) is 3.72. The Morgan fingerprint density at radius 2 is 2.00 bits per heavy atom. The number of hydrogen-bond acceptors (Lipinski definition) is 8. The molecule has 27 heavy (non-hydrogen) atoms. The molecular formula is C19H20N2O6. The maximum absolute atomic E-state index is 12.6. The first-order chi connectivity index (χ1) is 12.8. The number of aromatic hydroxyl groups is 2. The number of aliphatic hydroxyl groups is 1. The van der Waals surface area contributed by atoms with Gasteiger partial charge in [0, 0.05) is 36.2 Å². The van der Waals surface area contributed by atoms with E-state index in [0.717, 1.165) is 12.6 Å². The Morgan fingerprint density at radius 3 is 2.67 bits per heavy atom. The standard InChI is InChI=1S/C19H20N2O6/c1-9-5-11(20-27-9)16-7-14(24)18-13(23)6-12(22)17(19(18)26-16)10-3-4-21(2)8-15(10)25/h5-7,10,15,22-23,25H,3-4,8H2,1-2H3/t10-,15+/m0/s1. The highest BCUT2D eigenvalue weighted by atomic mass is 16.5. The summed E-state index contributed by atoms with van der Waals surface area (Å²) in [7, 11) is 1.90. The third kappa shape index (κ3) is 2.96. The number of piperidine rings is 1. The number of aromatic nitrogens is 1. The van der Waals surface area contributed by atoms with Gasteiger partial charge in [-0.15, -0.1) is 0 Å². The number of phenols is 2. The van der Waals surface area contributed by atoms with Gasteiger partial charge in [-0.1, -0.05) is 5.16 Å². The average Bonchev–Trinajstić information content (AvgIpc) is 3.02. The Bertz CT molecular complexity index is 1070. The van der Waals surface area contributed by atoms with Gasteiger partial charge in [-0.05, 0) is 26.9 Å². The van der Waals surface area contributed by atoms with Gasteiger partial charge in [0.1, 0.15) is 33.9 Å². The molecule has 1 fully saturated rings. The Kier molecular flexibility index (Phi) is 4.16. The predicted octanol–water partition coefficient (Wildman–Crippen LogP) is 1.95. The molecule has 1 aromatic carbocycles. The quantitative estimate of drug-likeness (QED) is 0.624. The van der Waals surface area contributed by atoms with Crippen LogP contribution in [0, 0.1) is 6.92 Å². The minimum Gasteiger partial charge on any atom is -0.507 e. The molecule has 0 bridgehead atoms. The van der Waals surface area contributed by atoms with Gasteiger partial charge in [-0.2, -0.15) is 0 Å². The number of rotatable bonds is 2. The summed E-state index contributed by atoms with van der Waals surface area (Å²) in [5.74, 6) is -0.298. The first-order valence-corrected chi connectivity index (χ1v) is 8.68. The van der Waals surface area contributed by atoms with Gasteiger partial charge >= 0.3 is 0 Å². The number of nitrogens with zero attached hydrogens (tertiary/aromatic N) is 2. The van der Waals surface area contributed by atoms with E-state index in [9.17, 15) is 20.1 Å². The van der Waals surface area contributed by atoms with Crippen molar-refractivity contribution >= 4 is 11.0 Å². The summed E-state index contributed by atoms with van der Waals surface area (Å²) in [6.45, 7) is 2.86. The lowest BCUT2D eigenvalue weighted by Crippen LogP contribution is -2.40. The Labute approximate surface area is 154 Å². The van der Waals surface area contributed by atoms with Gasteiger partial charge in [0.25, 0.3) is 0 Å². The molecule has 1 aliphatic heterocycles. The largest absolute Gasteiger partial charge is 0.507 e. The zero-order chi connectivity index (χ0) is 19.3. The number of benzene rings is 1. The number of β-amino-alcohol motifs (C(OH)–C–C–N with tert-alkyl or cyclic N) is 1. The van der Waals surface area contributed by atoms with Crippen molar-refractivity contribution in [3.05, 3.63) is 39.7 Å².